The minimum Gasteiger partial charge on any atom is -0.496 e. The van der Waals surface area contributed by atoms with E-state index in [1.165, 1.54) is 31.4 Å². The molecule has 1 amide bonds. The van der Waals surface area contributed by atoms with Crippen LogP contribution in [0.2, 0.25) is 0 Å². The lowest BCUT2D eigenvalue weighted by Gasteiger charge is -2.08. The van der Waals surface area contributed by atoms with Crippen molar-refractivity contribution in [1.29, 1.82) is 5.26 Å². The van der Waals surface area contributed by atoms with Gasteiger partial charge < -0.3 is 10.1 Å². The van der Waals surface area contributed by atoms with Crippen LogP contribution < -0.4 is 10.1 Å². The molecular weight excluding hydrogens is 402 g/mol. The molecule has 2 aromatic rings. The highest BCUT2D eigenvalue weighted by Crippen LogP contribution is 2.27. The lowest BCUT2D eigenvalue weighted by atomic mass is 10.1. The number of hydrogen-bond acceptors (Lipinski definition) is 5. The van der Waals surface area contributed by atoms with E-state index in [0.717, 1.165) is 0 Å². The average Bonchev–Trinajstić information content (AvgIpc) is 2.61. The van der Waals surface area contributed by atoms with Crippen LogP contribution in [-0.2, 0) is 4.79 Å². The summed E-state index contributed by atoms with van der Waals surface area (Å²) in [5.41, 5.74) is 1.27. The predicted molar refractivity (Wildman–Crippen MR) is 101 cm³/mol. The Bertz CT molecular complexity index is 948. The van der Waals surface area contributed by atoms with E-state index in [4.69, 9.17) is 4.74 Å². The number of nitro groups is 1. The van der Waals surface area contributed by atoms with Crippen molar-refractivity contribution in [3.8, 4) is 11.8 Å². The van der Waals surface area contributed by atoms with Gasteiger partial charge in [0.25, 0.3) is 11.6 Å². The van der Waals surface area contributed by atoms with Gasteiger partial charge in [-0.15, -0.1) is 0 Å². The van der Waals surface area contributed by atoms with Gasteiger partial charge in [0.2, 0.25) is 0 Å². The van der Waals surface area contributed by atoms with Crippen LogP contribution in [0.15, 0.2) is 46.4 Å². The molecule has 0 radical (unpaired) electrons. The minimum absolute atomic E-state index is 0.132. The molecule has 0 spiro atoms. The maximum absolute atomic E-state index is 12.4. The first-order valence-electron chi connectivity index (χ1n) is 7.37. The Morgan fingerprint density at radius 3 is 2.65 bits per heavy atom. The number of ether oxygens (including phenoxy) is 1. The molecule has 0 bridgehead atoms. The molecule has 0 saturated heterocycles. The molecule has 0 fully saturated rings. The number of nitro benzene ring substituents is 1. The fourth-order valence-corrected chi connectivity index (χ4v) is 2.69. The van der Waals surface area contributed by atoms with Gasteiger partial charge in [-0.05, 0) is 52.2 Å². The fourth-order valence-electron chi connectivity index (χ4n) is 2.14. The van der Waals surface area contributed by atoms with E-state index in [9.17, 15) is 20.2 Å². The summed E-state index contributed by atoms with van der Waals surface area (Å²) in [5.74, 6) is -0.0274. The quantitative estimate of drug-likeness (QED) is 0.340. The topological polar surface area (TPSA) is 105 Å². The third-order valence-electron chi connectivity index (χ3n) is 3.53. The summed E-state index contributed by atoms with van der Waals surface area (Å²) in [6, 6.07) is 11.1. The molecule has 7 nitrogen and oxygen atoms in total. The second-order valence-electron chi connectivity index (χ2n) is 5.27. The molecule has 0 atom stereocenters. The number of nitrogens with one attached hydrogen (secondary N) is 1. The van der Waals surface area contributed by atoms with E-state index in [1.807, 2.05) is 6.07 Å². The summed E-state index contributed by atoms with van der Waals surface area (Å²) < 4.78 is 5.82. The van der Waals surface area contributed by atoms with Crippen molar-refractivity contribution >= 4 is 39.3 Å². The fraction of sp³-hybridized carbons (Fsp3) is 0.111. The van der Waals surface area contributed by atoms with E-state index < -0.39 is 10.8 Å². The van der Waals surface area contributed by atoms with Crippen molar-refractivity contribution in [2.75, 3.05) is 12.4 Å². The number of nitrogens with zero attached hydrogens (tertiary/aromatic N) is 2. The van der Waals surface area contributed by atoms with Crippen LogP contribution >= 0.6 is 15.9 Å². The van der Waals surface area contributed by atoms with E-state index in [-0.39, 0.29) is 16.9 Å². The highest BCUT2D eigenvalue weighted by molar-refractivity contribution is 9.10. The van der Waals surface area contributed by atoms with Crippen LogP contribution in [0.5, 0.6) is 5.75 Å². The Labute approximate surface area is 158 Å². The first-order valence-corrected chi connectivity index (χ1v) is 8.16. The lowest BCUT2D eigenvalue weighted by Crippen LogP contribution is -2.14. The maximum atomic E-state index is 12.4. The maximum Gasteiger partial charge on any atom is 0.271 e. The highest BCUT2D eigenvalue weighted by atomic mass is 79.9. The van der Waals surface area contributed by atoms with Crippen LogP contribution in [0.3, 0.4) is 0 Å². The molecule has 0 unspecified atom stereocenters. The number of methoxy groups -OCH3 is 1. The van der Waals surface area contributed by atoms with Crippen molar-refractivity contribution in [2.45, 2.75) is 6.92 Å². The Hall–Kier alpha value is -3.18. The number of halogens is 1. The summed E-state index contributed by atoms with van der Waals surface area (Å²) >= 11 is 3.34. The third kappa shape index (κ3) is 4.46. The lowest BCUT2D eigenvalue weighted by molar-refractivity contribution is -0.384. The minimum atomic E-state index is -0.650. The molecule has 0 aliphatic heterocycles. The highest BCUT2D eigenvalue weighted by Gasteiger charge is 2.14. The van der Waals surface area contributed by atoms with Gasteiger partial charge in [-0.25, -0.2) is 0 Å². The second-order valence-corrected chi connectivity index (χ2v) is 6.13. The zero-order chi connectivity index (χ0) is 19.3. The molecule has 0 saturated carbocycles. The SMILES string of the molecule is COc1ccc(/C=C(\C#N)C(=O)Nc2cc([N+](=O)[O-])ccc2C)cc1Br. The Balaban J connectivity index is 2.30. The largest absolute Gasteiger partial charge is 0.496 e. The van der Waals surface area contributed by atoms with Gasteiger partial charge in [-0.3, -0.25) is 14.9 Å². The van der Waals surface area contributed by atoms with Crippen LogP contribution in [0, 0.1) is 28.4 Å². The van der Waals surface area contributed by atoms with E-state index in [1.54, 1.807) is 25.1 Å². The summed E-state index contributed by atoms with van der Waals surface area (Å²) in [7, 11) is 1.53. The normalized spacial score (nSPS) is 10.8. The van der Waals surface area contributed by atoms with Gasteiger partial charge >= 0.3 is 0 Å². The van der Waals surface area contributed by atoms with Crippen LogP contribution in [0.1, 0.15) is 11.1 Å². The number of hydrogen-bond donors (Lipinski definition) is 1. The first-order chi connectivity index (χ1) is 12.3. The number of carbonyl (C=O) groups excluding carboxylic acids is 1. The van der Waals surface area contributed by atoms with Crippen molar-refractivity contribution in [3.05, 3.63) is 67.7 Å². The van der Waals surface area contributed by atoms with Crippen molar-refractivity contribution in [2.24, 2.45) is 0 Å². The van der Waals surface area contributed by atoms with Crippen LogP contribution in [0.4, 0.5) is 11.4 Å². The van der Waals surface area contributed by atoms with Gasteiger partial charge in [-0.2, -0.15) is 5.26 Å². The van der Waals surface area contributed by atoms with E-state index in [0.29, 0.717) is 21.3 Å². The smallest absolute Gasteiger partial charge is 0.271 e. The molecular formula is C18H14BrN3O4. The van der Waals surface area contributed by atoms with Crippen molar-refractivity contribution in [3.63, 3.8) is 0 Å². The second kappa shape index (κ2) is 8.27. The van der Waals surface area contributed by atoms with Crippen LogP contribution in [-0.4, -0.2) is 17.9 Å². The zero-order valence-corrected chi connectivity index (χ0v) is 15.5. The summed E-state index contributed by atoms with van der Waals surface area (Å²) in [6.07, 6.45) is 1.42. The summed E-state index contributed by atoms with van der Waals surface area (Å²) in [4.78, 5) is 22.7. The molecule has 0 heterocycles. The van der Waals surface area contributed by atoms with Gasteiger partial charge in [-0.1, -0.05) is 12.1 Å². The van der Waals surface area contributed by atoms with Gasteiger partial charge in [0.1, 0.15) is 17.4 Å². The Kier molecular flexibility index (Phi) is 6.09. The summed E-state index contributed by atoms with van der Waals surface area (Å²) in [5, 5.41) is 22.7. The third-order valence-corrected chi connectivity index (χ3v) is 4.15. The molecule has 2 rings (SSSR count). The van der Waals surface area contributed by atoms with Gasteiger partial charge in [0.05, 0.1) is 22.2 Å². The number of rotatable bonds is 5. The average molecular weight is 416 g/mol. The molecule has 0 aliphatic rings. The van der Waals surface area contributed by atoms with Gasteiger partial charge in [0, 0.05) is 12.1 Å². The number of amides is 1. The Morgan fingerprint density at radius 1 is 1.35 bits per heavy atom. The van der Waals surface area contributed by atoms with Crippen molar-refractivity contribution < 1.29 is 14.5 Å². The number of carbonyl (C=O) groups is 1. The number of aryl methyl sites for hydroxylation is 1. The number of non-ortho nitro benzene ring substituents is 1. The van der Waals surface area contributed by atoms with Gasteiger partial charge in [0.15, 0.2) is 0 Å². The number of benzene rings is 2. The molecule has 2 aromatic carbocycles. The molecule has 132 valence electrons. The van der Waals surface area contributed by atoms with Crippen LogP contribution in [0.25, 0.3) is 6.08 Å². The number of anilines is 1. The van der Waals surface area contributed by atoms with E-state index >= 15 is 0 Å². The summed E-state index contributed by atoms with van der Waals surface area (Å²) in [6.45, 7) is 1.70. The molecule has 0 aliphatic carbocycles. The molecule has 8 heteroatoms. The standard InChI is InChI=1S/C18H14BrN3O4/c1-11-3-5-14(22(24)25)9-16(11)21-18(23)13(10-20)7-12-4-6-17(26-2)15(19)8-12/h3-9H,1-2H3,(H,21,23)/b13-7+. The Morgan fingerprint density at radius 2 is 2.08 bits per heavy atom. The predicted octanol–water partition coefficient (Wildman–Crippen LogP) is 4.22. The van der Waals surface area contributed by atoms with E-state index in [2.05, 4.69) is 21.2 Å². The molecule has 26 heavy (non-hydrogen) atoms. The first kappa shape index (κ1) is 19.1. The van der Waals surface area contributed by atoms with Crippen molar-refractivity contribution in [1.82, 2.24) is 0 Å². The monoisotopic (exact) mass is 415 g/mol. The molecule has 1 N–H and O–H groups in total. The number of nitriles is 1. The molecule has 0 aromatic heterocycles. The zero-order valence-electron chi connectivity index (χ0n) is 13.9.